The SMILES string of the molecule is CN(C(=O)CSc1nc2cc([N+](=O)[O-])ccc2n1-c1cccc(C(F)(F)F)c1)C1CCCCC1. The number of thioether (sulfide) groups is 1. The standard InChI is InChI=1S/C23H23F3N4O3S/c1-28(16-7-3-2-4-8-16)21(31)14-34-22-27-19-13-18(30(32)33)10-11-20(19)29(22)17-9-5-6-15(12-17)23(24,25)26/h5-6,9-13,16H,2-4,7-8,14H2,1H3. The van der Waals surface area contributed by atoms with Crippen molar-refractivity contribution < 1.29 is 22.9 Å². The van der Waals surface area contributed by atoms with Gasteiger partial charge >= 0.3 is 6.18 Å². The number of rotatable bonds is 6. The molecule has 0 radical (unpaired) electrons. The van der Waals surface area contributed by atoms with Crippen molar-refractivity contribution in [1.29, 1.82) is 0 Å². The Morgan fingerprint density at radius 1 is 1.21 bits per heavy atom. The lowest BCUT2D eigenvalue weighted by Gasteiger charge is -2.31. The van der Waals surface area contributed by atoms with E-state index in [0.29, 0.717) is 10.7 Å². The number of alkyl halides is 3. The molecule has 0 atom stereocenters. The zero-order valence-corrected chi connectivity index (χ0v) is 19.2. The minimum Gasteiger partial charge on any atom is -0.342 e. The van der Waals surface area contributed by atoms with Crippen LogP contribution in [0, 0.1) is 10.1 Å². The van der Waals surface area contributed by atoms with Crippen molar-refractivity contribution in [3.63, 3.8) is 0 Å². The maximum Gasteiger partial charge on any atom is 0.416 e. The first-order valence-corrected chi connectivity index (χ1v) is 11.9. The highest BCUT2D eigenvalue weighted by Crippen LogP contribution is 2.34. The van der Waals surface area contributed by atoms with Gasteiger partial charge in [0.1, 0.15) is 0 Å². The number of non-ortho nitro benzene ring substituents is 1. The van der Waals surface area contributed by atoms with Gasteiger partial charge in [-0.25, -0.2) is 4.98 Å². The van der Waals surface area contributed by atoms with E-state index in [1.54, 1.807) is 11.9 Å². The molecule has 1 aliphatic rings. The summed E-state index contributed by atoms with van der Waals surface area (Å²) in [7, 11) is 1.78. The van der Waals surface area contributed by atoms with Gasteiger partial charge in [-0.15, -0.1) is 0 Å². The largest absolute Gasteiger partial charge is 0.416 e. The molecule has 3 aromatic rings. The molecule has 2 aromatic carbocycles. The van der Waals surface area contributed by atoms with Crippen LogP contribution in [0.3, 0.4) is 0 Å². The van der Waals surface area contributed by atoms with E-state index in [9.17, 15) is 28.1 Å². The smallest absolute Gasteiger partial charge is 0.342 e. The summed E-state index contributed by atoms with van der Waals surface area (Å²) in [5.41, 5.74) is -0.104. The number of benzene rings is 2. The molecule has 0 saturated heterocycles. The lowest BCUT2D eigenvalue weighted by molar-refractivity contribution is -0.384. The molecule has 11 heteroatoms. The number of nitro groups is 1. The Kier molecular flexibility index (Phi) is 6.83. The second-order valence-corrected chi connectivity index (χ2v) is 9.24. The second-order valence-electron chi connectivity index (χ2n) is 8.29. The molecule has 1 aromatic heterocycles. The predicted octanol–water partition coefficient (Wildman–Crippen LogP) is 5.84. The topological polar surface area (TPSA) is 81.3 Å². The Labute approximate surface area is 198 Å². The first-order chi connectivity index (χ1) is 16.1. The van der Waals surface area contributed by atoms with Crippen molar-refractivity contribution in [2.75, 3.05) is 12.8 Å². The molecule has 0 unspecified atom stereocenters. The van der Waals surface area contributed by atoms with E-state index < -0.39 is 16.7 Å². The lowest BCUT2D eigenvalue weighted by Crippen LogP contribution is -2.39. The number of carbonyl (C=O) groups excluding carboxylic acids is 1. The molecule has 0 N–H and O–H groups in total. The van der Waals surface area contributed by atoms with Crippen molar-refractivity contribution >= 4 is 34.4 Å². The molecular weight excluding hydrogens is 469 g/mol. The third-order valence-electron chi connectivity index (χ3n) is 6.09. The average molecular weight is 493 g/mol. The van der Waals surface area contributed by atoms with Crippen molar-refractivity contribution in [2.24, 2.45) is 0 Å². The molecule has 7 nitrogen and oxygen atoms in total. The molecular formula is C23H23F3N4O3S. The van der Waals surface area contributed by atoms with Gasteiger partial charge in [0.2, 0.25) is 5.91 Å². The number of carbonyl (C=O) groups is 1. The summed E-state index contributed by atoms with van der Waals surface area (Å²) in [6.07, 6.45) is 0.718. The highest BCUT2D eigenvalue weighted by atomic mass is 32.2. The van der Waals surface area contributed by atoms with Gasteiger partial charge in [-0.05, 0) is 37.1 Å². The molecule has 4 rings (SSSR count). The molecule has 1 aliphatic carbocycles. The van der Waals surface area contributed by atoms with Gasteiger partial charge in [0, 0.05) is 30.9 Å². The molecule has 1 fully saturated rings. The van der Waals surface area contributed by atoms with E-state index in [1.807, 2.05) is 0 Å². The Morgan fingerprint density at radius 3 is 2.62 bits per heavy atom. The zero-order chi connectivity index (χ0) is 24.5. The first-order valence-electron chi connectivity index (χ1n) is 10.9. The summed E-state index contributed by atoms with van der Waals surface area (Å²) in [6.45, 7) is 0. The van der Waals surface area contributed by atoms with Crippen LogP contribution in [0.4, 0.5) is 18.9 Å². The van der Waals surface area contributed by atoms with Gasteiger partial charge in [0.25, 0.3) is 5.69 Å². The van der Waals surface area contributed by atoms with Crippen molar-refractivity contribution in [3.8, 4) is 5.69 Å². The number of nitrogens with zero attached hydrogens (tertiary/aromatic N) is 4. The Bertz CT molecular complexity index is 1220. The maximum atomic E-state index is 13.3. The van der Waals surface area contributed by atoms with Gasteiger partial charge in [-0.1, -0.05) is 37.1 Å². The number of hydrogen-bond acceptors (Lipinski definition) is 5. The minimum absolute atomic E-state index is 0.0530. The number of hydrogen-bond donors (Lipinski definition) is 0. The lowest BCUT2D eigenvalue weighted by atomic mass is 9.94. The molecule has 180 valence electrons. The van der Waals surface area contributed by atoms with Crippen LogP contribution in [0.5, 0.6) is 0 Å². The van der Waals surface area contributed by atoms with E-state index in [0.717, 1.165) is 49.6 Å². The molecule has 0 spiro atoms. The van der Waals surface area contributed by atoms with Crippen LogP contribution in [-0.4, -0.2) is 44.1 Å². The van der Waals surface area contributed by atoms with Crippen LogP contribution >= 0.6 is 11.8 Å². The van der Waals surface area contributed by atoms with E-state index in [4.69, 9.17) is 0 Å². The number of fused-ring (bicyclic) bond motifs is 1. The summed E-state index contributed by atoms with van der Waals surface area (Å²) in [6, 6.07) is 8.99. The summed E-state index contributed by atoms with van der Waals surface area (Å²) in [5.74, 6) is -0.0391. The van der Waals surface area contributed by atoms with Crippen molar-refractivity contribution in [1.82, 2.24) is 14.5 Å². The van der Waals surface area contributed by atoms with Crippen LogP contribution in [-0.2, 0) is 11.0 Å². The van der Waals surface area contributed by atoms with Crippen LogP contribution < -0.4 is 0 Å². The fraction of sp³-hybridized carbons (Fsp3) is 0.391. The molecule has 0 aliphatic heterocycles. The molecule has 1 saturated carbocycles. The fourth-order valence-corrected chi connectivity index (χ4v) is 5.18. The van der Waals surface area contributed by atoms with Gasteiger partial charge in [-0.3, -0.25) is 19.5 Å². The maximum absolute atomic E-state index is 13.3. The second kappa shape index (κ2) is 9.65. The minimum atomic E-state index is -4.53. The van der Waals surface area contributed by atoms with E-state index >= 15 is 0 Å². The van der Waals surface area contributed by atoms with E-state index in [-0.39, 0.29) is 34.6 Å². The van der Waals surface area contributed by atoms with Crippen LogP contribution in [0.25, 0.3) is 16.7 Å². The summed E-state index contributed by atoms with van der Waals surface area (Å²) in [5, 5.41) is 11.5. The van der Waals surface area contributed by atoms with Gasteiger partial charge in [-0.2, -0.15) is 13.2 Å². The first kappa shape index (κ1) is 24.1. The highest BCUT2D eigenvalue weighted by molar-refractivity contribution is 7.99. The normalized spacial score (nSPS) is 14.9. The quantitative estimate of drug-likeness (QED) is 0.245. The summed E-state index contributed by atoms with van der Waals surface area (Å²) < 4.78 is 41.5. The van der Waals surface area contributed by atoms with Crippen LogP contribution in [0.1, 0.15) is 37.7 Å². The number of aromatic nitrogens is 2. The van der Waals surface area contributed by atoms with Gasteiger partial charge in [0.05, 0.1) is 27.3 Å². The molecule has 1 heterocycles. The van der Waals surface area contributed by atoms with E-state index in [2.05, 4.69) is 4.98 Å². The molecule has 34 heavy (non-hydrogen) atoms. The number of imidazole rings is 1. The van der Waals surface area contributed by atoms with Crippen molar-refractivity contribution in [2.45, 2.75) is 49.5 Å². The molecule has 1 amide bonds. The highest BCUT2D eigenvalue weighted by Gasteiger charge is 2.31. The third-order valence-corrected chi connectivity index (χ3v) is 7.01. The molecule has 0 bridgehead atoms. The van der Waals surface area contributed by atoms with Crippen molar-refractivity contribution in [3.05, 3.63) is 58.1 Å². The zero-order valence-electron chi connectivity index (χ0n) is 18.4. The predicted molar refractivity (Wildman–Crippen MR) is 123 cm³/mol. The number of amides is 1. The van der Waals surface area contributed by atoms with Gasteiger partial charge < -0.3 is 4.90 Å². The fourth-order valence-electron chi connectivity index (χ4n) is 4.23. The van der Waals surface area contributed by atoms with Gasteiger partial charge in [0.15, 0.2) is 5.16 Å². The van der Waals surface area contributed by atoms with E-state index in [1.165, 1.54) is 41.3 Å². The number of nitro benzene ring substituents is 1. The Hall–Kier alpha value is -3.08. The van der Waals surface area contributed by atoms with Crippen LogP contribution in [0.2, 0.25) is 0 Å². The summed E-state index contributed by atoms with van der Waals surface area (Å²) in [4.78, 5) is 29.7. The number of halogens is 3. The summed E-state index contributed by atoms with van der Waals surface area (Å²) >= 11 is 1.11. The van der Waals surface area contributed by atoms with Crippen LogP contribution in [0.15, 0.2) is 47.6 Å². The monoisotopic (exact) mass is 492 g/mol. The third kappa shape index (κ3) is 5.03. The Morgan fingerprint density at radius 2 is 1.94 bits per heavy atom. The Balaban J connectivity index is 1.69. The average Bonchev–Trinajstić information content (AvgIpc) is 3.19.